The largest absolute Gasteiger partial charge is 0.329 e. The van der Waals surface area contributed by atoms with Gasteiger partial charge in [-0.25, -0.2) is 10.2 Å². The summed E-state index contributed by atoms with van der Waals surface area (Å²) >= 11 is 0. The Balaban J connectivity index is 1.75. The van der Waals surface area contributed by atoms with E-state index in [9.17, 15) is 24.5 Å². The van der Waals surface area contributed by atoms with E-state index in [1.807, 2.05) is 0 Å². The Bertz CT molecular complexity index is 942. The van der Waals surface area contributed by atoms with Crippen molar-refractivity contribution in [3.8, 4) is 0 Å². The predicted molar refractivity (Wildman–Crippen MR) is 107 cm³/mol. The van der Waals surface area contributed by atoms with E-state index >= 15 is 0 Å². The lowest BCUT2D eigenvalue weighted by Crippen LogP contribution is -2.37. The molecule has 0 fully saturated rings. The van der Waals surface area contributed by atoms with Crippen LogP contribution < -0.4 is 21.4 Å². The van der Waals surface area contributed by atoms with E-state index in [-0.39, 0.29) is 23.8 Å². The number of benzene rings is 2. The van der Waals surface area contributed by atoms with Gasteiger partial charge < -0.3 is 16.0 Å². The summed E-state index contributed by atoms with van der Waals surface area (Å²) in [7, 11) is 0. The molecule has 29 heavy (non-hydrogen) atoms. The molecule has 4 amide bonds. The zero-order valence-corrected chi connectivity index (χ0v) is 15.3. The van der Waals surface area contributed by atoms with Crippen molar-refractivity contribution < 1.29 is 19.3 Å². The molecule has 0 heterocycles. The van der Waals surface area contributed by atoms with Crippen LogP contribution in [-0.2, 0) is 9.59 Å². The van der Waals surface area contributed by atoms with E-state index in [0.717, 1.165) is 0 Å². The molecule has 0 spiro atoms. The molecule has 0 saturated carbocycles. The van der Waals surface area contributed by atoms with E-state index in [0.29, 0.717) is 11.3 Å². The summed E-state index contributed by atoms with van der Waals surface area (Å²) in [5.74, 6) is -0.744. The first-order chi connectivity index (χ1) is 13.8. The first-order valence-electron chi connectivity index (χ1n) is 8.32. The third-order valence-electron chi connectivity index (χ3n) is 3.36. The minimum Gasteiger partial charge on any atom is -0.329 e. The number of nitro benzene ring substituents is 1. The normalized spacial score (nSPS) is 10.2. The summed E-state index contributed by atoms with van der Waals surface area (Å²) in [6.45, 7) is 1.06. The third-order valence-corrected chi connectivity index (χ3v) is 3.36. The average Bonchev–Trinajstić information content (AvgIpc) is 2.67. The van der Waals surface area contributed by atoms with Crippen LogP contribution in [-0.4, -0.2) is 35.5 Å². The molecule has 0 radical (unpaired) electrons. The Labute approximate surface area is 165 Å². The monoisotopic (exact) mass is 398 g/mol. The number of rotatable bonds is 7. The SMILES string of the molecule is CC(=O)Nc1ccc(/C=N/NC(=O)CNC(=O)Nc2cccc([N+](=O)[O-])c2)cc1. The molecule has 0 unspecified atom stereocenters. The number of non-ortho nitro benzene ring substituents is 1. The molecule has 0 atom stereocenters. The molecule has 11 nitrogen and oxygen atoms in total. The summed E-state index contributed by atoms with van der Waals surface area (Å²) in [5.41, 5.74) is 3.63. The molecule has 2 rings (SSSR count). The number of nitro groups is 1. The quantitative estimate of drug-likeness (QED) is 0.318. The highest BCUT2D eigenvalue weighted by Gasteiger charge is 2.09. The molecule has 2 aromatic carbocycles. The smallest absolute Gasteiger partial charge is 0.319 e. The zero-order valence-electron chi connectivity index (χ0n) is 15.3. The van der Waals surface area contributed by atoms with Gasteiger partial charge >= 0.3 is 6.03 Å². The van der Waals surface area contributed by atoms with Crippen LogP contribution in [0.15, 0.2) is 53.6 Å². The van der Waals surface area contributed by atoms with Gasteiger partial charge in [-0.2, -0.15) is 5.10 Å². The highest BCUT2D eigenvalue weighted by molar-refractivity contribution is 5.93. The fraction of sp³-hybridized carbons (Fsp3) is 0.111. The molecule has 11 heteroatoms. The van der Waals surface area contributed by atoms with Crippen molar-refractivity contribution in [1.82, 2.24) is 10.7 Å². The fourth-order valence-corrected chi connectivity index (χ4v) is 2.11. The molecule has 4 N–H and O–H groups in total. The zero-order chi connectivity index (χ0) is 21.2. The van der Waals surface area contributed by atoms with Crippen LogP contribution in [0.25, 0.3) is 0 Å². The summed E-state index contributed by atoms with van der Waals surface area (Å²) in [5, 5.41) is 21.8. The Morgan fingerprint density at radius 2 is 1.79 bits per heavy atom. The van der Waals surface area contributed by atoms with Gasteiger partial charge in [-0.05, 0) is 23.8 Å². The number of amides is 4. The Kier molecular flexibility index (Phi) is 7.36. The van der Waals surface area contributed by atoms with Gasteiger partial charge in [-0.1, -0.05) is 18.2 Å². The molecular formula is C18H18N6O5. The second-order valence-electron chi connectivity index (χ2n) is 5.71. The Morgan fingerprint density at radius 3 is 2.45 bits per heavy atom. The molecule has 0 aliphatic heterocycles. The van der Waals surface area contributed by atoms with Crippen LogP contribution in [0.1, 0.15) is 12.5 Å². The van der Waals surface area contributed by atoms with Gasteiger partial charge in [0.15, 0.2) is 0 Å². The molecule has 2 aromatic rings. The summed E-state index contributed by atoms with van der Waals surface area (Å²) < 4.78 is 0. The van der Waals surface area contributed by atoms with Crippen LogP contribution in [0.5, 0.6) is 0 Å². The van der Waals surface area contributed by atoms with E-state index in [1.165, 1.54) is 37.4 Å². The number of carbonyl (C=O) groups is 3. The van der Waals surface area contributed by atoms with E-state index in [2.05, 4.69) is 26.5 Å². The fourth-order valence-electron chi connectivity index (χ4n) is 2.11. The van der Waals surface area contributed by atoms with Gasteiger partial charge in [0.25, 0.3) is 11.6 Å². The van der Waals surface area contributed by atoms with Crippen molar-refractivity contribution in [3.63, 3.8) is 0 Å². The van der Waals surface area contributed by atoms with Crippen molar-refractivity contribution >= 4 is 41.1 Å². The van der Waals surface area contributed by atoms with Crippen LogP contribution >= 0.6 is 0 Å². The number of hydrogen-bond donors (Lipinski definition) is 4. The molecule has 0 bridgehead atoms. The number of carbonyl (C=O) groups excluding carboxylic acids is 3. The summed E-state index contributed by atoms with van der Waals surface area (Å²) in [6, 6.07) is 11.5. The Hall–Kier alpha value is -4.28. The molecular weight excluding hydrogens is 380 g/mol. The van der Waals surface area contributed by atoms with Gasteiger partial charge in [0, 0.05) is 30.4 Å². The van der Waals surface area contributed by atoms with Crippen molar-refractivity contribution in [2.45, 2.75) is 6.92 Å². The number of hydrazone groups is 1. The topological polar surface area (TPSA) is 155 Å². The van der Waals surface area contributed by atoms with Gasteiger partial charge in [0.2, 0.25) is 5.91 Å². The van der Waals surface area contributed by atoms with E-state index < -0.39 is 16.9 Å². The van der Waals surface area contributed by atoms with Crippen LogP contribution in [0.4, 0.5) is 21.9 Å². The third kappa shape index (κ3) is 7.46. The van der Waals surface area contributed by atoms with Crippen molar-refractivity contribution in [3.05, 3.63) is 64.2 Å². The number of nitrogens with zero attached hydrogens (tertiary/aromatic N) is 2. The maximum atomic E-state index is 11.8. The first kappa shape index (κ1) is 21.0. The Morgan fingerprint density at radius 1 is 1.07 bits per heavy atom. The van der Waals surface area contributed by atoms with Gasteiger partial charge in [-0.3, -0.25) is 19.7 Å². The van der Waals surface area contributed by atoms with Crippen LogP contribution in [0, 0.1) is 10.1 Å². The predicted octanol–water partition coefficient (Wildman–Crippen LogP) is 1.82. The summed E-state index contributed by atoms with van der Waals surface area (Å²) in [6.07, 6.45) is 1.40. The lowest BCUT2D eigenvalue weighted by Gasteiger charge is -2.06. The average molecular weight is 398 g/mol. The van der Waals surface area contributed by atoms with Crippen molar-refractivity contribution in [2.75, 3.05) is 17.2 Å². The minimum atomic E-state index is -0.696. The van der Waals surface area contributed by atoms with Gasteiger partial charge in [0.05, 0.1) is 11.1 Å². The second-order valence-corrected chi connectivity index (χ2v) is 5.71. The first-order valence-corrected chi connectivity index (χ1v) is 8.32. The van der Waals surface area contributed by atoms with E-state index in [4.69, 9.17) is 0 Å². The molecule has 150 valence electrons. The summed E-state index contributed by atoms with van der Waals surface area (Å²) in [4.78, 5) is 44.5. The van der Waals surface area contributed by atoms with Crippen LogP contribution in [0.3, 0.4) is 0 Å². The molecule has 0 aliphatic carbocycles. The molecule has 0 saturated heterocycles. The van der Waals surface area contributed by atoms with Gasteiger partial charge in [-0.15, -0.1) is 0 Å². The van der Waals surface area contributed by atoms with Crippen molar-refractivity contribution in [2.24, 2.45) is 5.10 Å². The highest BCUT2D eigenvalue weighted by atomic mass is 16.6. The minimum absolute atomic E-state index is 0.167. The highest BCUT2D eigenvalue weighted by Crippen LogP contribution is 2.16. The lowest BCUT2D eigenvalue weighted by molar-refractivity contribution is -0.384. The molecule has 0 aliphatic rings. The van der Waals surface area contributed by atoms with Crippen LogP contribution in [0.2, 0.25) is 0 Å². The lowest BCUT2D eigenvalue weighted by atomic mass is 10.2. The van der Waals surface area contributed by atoms with E-state index in [1.54, 1.807) is 24.3 Å². The maximum absolute atomic E-state index is 11.8. The standard InChI is InChI=1S/C18H18N6O5/c1-12(25)21-14-7-5-13(6-8-14)10-20-23-17(26)11-19-18(27)22-15-3-2-4-16(9-15)24(28)29/h2-10H,11H2,1H3,(H,21,25)(H,23,26)(H2,19,22,27)/b20-10+. The number of urea groups is 1. The maximum Gasteiger partial charge on any atom is 0.319 e. The number of hydrogen-bond acceptors (Lipinski definition) is 6. The second kappa shape index (κ2) is 10.2. The van der Waals surface area contributed by atoms with Gasteiger partial charge in [0.1, 0.15) is 6.54 Å². The molecule has 0 aromatic heterocycles. The number of nitrogens with one attached hydrogen (secondary N) is 4. The van der Waals surface area contributed by atoms with Crippen molar-refractivity contribution in [1.29, 1.82) is 0 Å². The number of anilines is 2.